The number of methoxy groups -OCH3 is 1. The molecular weight excluding hydrogens is 270 g/mol. The van der Waals surface area contributed by atoms with Gasteiger partial charge in [0, 0.05) is 11.2 Å². The second kappa shape index (κ2) is 5.94. The Kier molecular flexibility index (Phi) is 4.03. The van der Waals surface area contributed by atoms with Crippen molar-refractivity contribution in [1.29, 1.82) is 0 Å². The van der Waals surface area contributed by atoms with E-state index < -0.39 is 0 Å². The average Bonchev–Trinajstić information content (AvgIpc) is 2.90. The maximum absolute atomic E-state index is 11.9. The summed E-state index contributed by atoms with van der Waals surface area (Å²) in [7, 11) is 1.48. The number of piperidine rings is 1. The van der Waals surface area contributed by atoms with Crippen molar-refractivity contribution in [1.82, 2.24) is 4.90 Å². The molecule has 0 saturated carbocycles. The maximum Gasteiger partial charge on any atom is 0.323 e. The van der Waals surface area contributed by atoms with E-state index >= 15 is 0 Å². The molecule has 20 heavy (non-hydrogen) atoms. The number of hydrogen-bond acceptors (Lipinski definition) is 4. The van der Waals surface area contributed by atoms with Gasteiger partial charge in [-0.25, -0.2) is 0 Å². The first kappa shape index (κ1) is 13.6. The number of likely N-dealkylation sites (tertiary alicyclic amines) is 1. The molecule has 0 aliphatic carbocycles. The van der Waals surface area contributed by atoms with E-state index in [1.807, 2.05) is 0 Å². The highest BCUT2D eigenvalue weighted by atomic mass is 32.1. The first-order valence-electron chi connectivity index (χ1n) is 7.06. The van der Waals surface area contributed by atoms with Crippen LogP contribution in [0.3, 0.4) is 0 Å². The van der Waals surface area contributed by atoms with Crippen LogP contribution < -0.4 is 0 Å². The van der Waals surface area contributed by atoms with Crippen molar-refractivity contribution < 1.29 is 9.53 Å². The summed E-state index contributed by atoms with van der Waals surface area (Å²) < 4.78 is 6.26. The number of esters is 1. The second-order valence-electron chi connectivity index (χ2n) is 5.26. The van der Waals surface area contributed by atoms with Gasteiger partial charge in [-0.05, 0) is 41.8 Å². The first-order valence-corrected chi connectivity index (χ1v) is 7.94. The largest absolute Gasteiger partial charge is 0.468 e. The van der Waals surface area contributed by atoms with Gasteiger partial charge in [0.15, 0.2) is 0 Å². The Morgan fingerprint density at radius 3 is 3.10 bits per heavy atom. The molecule has 0 radical (unpaired) electrons. The highest BCUT2D eigenvalue weighted by molar-refractivity contribution is 7.17. The Morgan fingerprint density at radius 2 is 2.25 bits per heavy atom. The first-order chi connectivity index (χ1) is 9.79. The second-order valence-corrected chi connectivity index (χ2v) is 6.17. The molecule has 1 aromatic carbocycles. The standard InChI is InChI=1S/C16H19NO2S/c1-19-16(18)14-7-4-5-9-17(14)10-12-11-20-15-8-3-2-6-13(12)15/h2-3,6,8,11,14H,4-5,7,9-10H2,1H3/t14-/m1/s1. The Morgan fingerprint density at radius 1 is 1.40 bits per heavy atom. The van der Waals surface area contributed by atoms with Gasteiger partial charge < -0.3 is 4.74 Å². The van der Waals surface area contributed by atoms with Gasteiger partial charge in [-0.15, -0.1) is 11.3 Å². The van der Waals surface area contributed by atoms with Gasteiger partial charge in [0.25, 0.3) is 0 Å². The number of carbonyl (C=O) groups is 1. The van der Waals surface area contributed by atoms with Crippen LogP contribution in [0.2, 0.25) is 0 Å². The van der Waals surface area contributed by atoms with Crippen LogP contribution in [0.15, 0.2) is 29.6 Å². The lowest BCUT2D eigenvalue weighted by Crippen LogP contribution is -2.44. The third-order valence-corrected chi connectivity index (χ3v) is 5.03. The number of fused-ring (bicyclic) bond motifs is 1. The number of ether oxygens (including phenoxy) is 1. The minimum atomic E-state index is -0.0933. The van der Waals surface area contributed by atoms with Gasteiger partial charge in [0.05, 0.1) is 7.11 Å². The van der Waals surface area contributed by atoms with Crippen molar-refractivity contribution in [3.63, 3.8) is 0 Å². The highest BCUT2D eigenvalue weighted by Gasteiger charge is 2.29. The lowest BCUT2D eigenvalue weighted by molar-refractivity contribution is -0.148. The number of benzene rings is 1. The topological polar surface area (TPSA) is 29.5 Å². The molecule has 1 aliphatic heterocycles. The molecule has 0 spiro atoms. The summed E-state index contributed by atoms with van der Waals surface area (Å²) in [5.74, 6) is -0.0933. The van der Waals surface area contributed by atoms with Gasteiger partial charge >= 0.3 is 5.97 Å². The van der Waals surface area contributed by atoms with Crippen LogP contribution in [-0.4, -0.2) is 30.6 Å². The van der Waals surface area contributed by atoms with Gasteiger partial charge in [-0.3, -0.25) is 9.69 Å². The zero-order valence-electron chi connectivity index (χ0n) is 11.7. The van der Waals surface area contributed by atoms with E-state index in [4.69, 9.17) is 4.74 Å². The van der Waals surface area contributed by atoms with E-state index in [2.05, 4.69) is 34.5 Å². The number of nitrogens with zero attached hydrogens (tertiary/aromatic N) is 1. The van der Waals surface area contributed by atoms with Crippen molar-refractivity contribution in [2.45, 2.75) is 31.8 Å². The molecular formula is C16H19NO2S. The van der Waals surface area contributed by atoms with Crippen LogP contribution >= 0.6 is 11.3 Å². The monoisotopic (exact) mass is 289 g/mol. The molecule has 1 atom stereocenters. The Bertz CT molecular complexity index is 607. The van der Waals surface area contributed by atoms with E-state index in [1.165, 1.54) is 22.8 Å². The van der Waals surface area contributed by atoms with Crippen LogP contribution in [0, 0.1) is 0 Å². The van der Waals surface area contributed by atoms with Gasteiger partial charge in [-0.1, -0.05) is 24.6 Å². The van der Waals surface area contributed by atoms with E-state index in [0.717, 1.165) is 32.4 Å². The quantitative estimate of drug-likeness (QED) is 0.811. The predicted molar refractivity (Wildman–Crippen MR) is 81.9 cm³/mol. The molecule has 1 fully saturated rings. The van der Waals surface area contributed by atoms with Crippen molar-refractivity contribution in [2.75, 3.05) is 13.7 Å². The summed E-state index contributed by atoms with van der Waals surface area (Å²) in [4.78, 5) is 14.2. The van der Waals surface area contributed by atoms with E-state index in [0.29, 0.717) is 0 Å². The van der Waals surface area contributed by atoms with Crippen LogP contribution in [-0.2, 0) is 16.1 Å². The normalized spacial score (nSPS) is 20.1. The van der Waals surface area contributed by atoms with Crippen LogP contribution in [0.1, 0.15) is 24.8 Å². The number of thiophene rings is 1. The molecule has 0 N–H and O–H groups in total. The lowest BCUT2D eigenvalue weighted by Gasteiger charge is -2.33. The number of hydrogen-bond donors (Lipinski definition) is 0. The predicted octanol–water partition coefficient (Wildman–Crippen LogP) is 3.43. The van der Waals surface area contributed by atoms with Crippen LogP contribution in [0.25, 0.3) is 10.1 Å². The molecule has 2 aromatic rings. The summed E-state index contributed by atoms with van der Waals surface area (Å²) in [5.41, 5.74) is 1.32. The number of carbonyl (C=O) groups excluding carboxylic acids is 1. The van der Waals surface area contributed by atoms with E-state index in [1.54, 1.807) is 11.3 Å². The fourth-order valence-corrected chi connectivity index (χ4v) is 3.91. The van der Waals surface area contributed by atoms with E-state index in [9.17, 15) is 4.79 Å². The molecule has 1 aliphatic rings. The van der Waals surface area contributed by atoms with Crippen molar-refractivity contribution in [3.05, 3.63) is 35.2 Å². The zero-order valence-corrected chi connectivity index (χ0v) is 12.5. The lowest BCUT2D eigenvalue weighted by atomic mass is 10.0. The minimum absolute atomic E-state index is 0.0765. The van der Waals surface area contributed by atoms with Crippen LogP contribution in [0.4, 0.5) is 0 Å². The van der Waals surface area contributed by atoms with Gasteiger partial charge in [-0.2, -0.15) is 0 Å². The Labute approximate surface area is 123 Å². The zero-order chi connectivity index (χ0) is 13.9. The maximum atomic E-state index is 11.9. The molecule has 0 amide bonds. The highest BCUT2D eigenvalue weighted by Crippen LogP contribution is 2.29. The molecule has 3 nitrogen and oxygen atoms in total. The Hall–Kier alpha value is -1.39. The van der Waals surface area contributed by atoms with E-state index in [-0.39, 0.29) is 12.0 Å². The third kappa shape index (κ3) is 2.58. The molecule has 2 heterocycles. The SMILES string of the molecule is COC(=O)[C@H]1CCCCN1Cc1csc2ccccc12. The van der Waals surface area contributed by atoms with Crippen molar-refractivity contribution in [2.24, 2.45) is 0 Å². The summed E-state index contributed by atoms with van der Waals surface area (Å²) >= 11 is 1.78. The summed E-state index contributed by atoms with van der Waals surface area (Å²) in [6, 6.07) is 8.38. The minimum Gasteiger partial charge on any atom is -0.468 e. The van der Waals surface area contributed by atoms with Gasteiger partial charge in [0.2, 0.25) is 0 Å². The summed E-state index contributed by atoms with van der Waals surface area (Å²) in [6.45, 7) is 1.81. The summed E-state index contributed by atoms with van der Waals surface area (Å²) in [5, 5.41) is 3.53. The fraction of sp³-hybridized carbons (Fsp3) is 0.438. The Balaban J connectivity index is 1.83. The van der Waals surface area contributed by atoms with Crippen molar-refractivity contribution >= 4 is 27.4 Å². The summed E-state index contributed by atoms with van der Waals surface area (Å²) in [6.07, 6.45) is 3.19. The van der Waals surface area contributed by atoms with Gasteiger partial charge in [0.1, 0.15) is 6.04 Å². The fourth-order valence-electron chi connectivity index (χ4n) is 2.96. The van der Waals surface area contributed by atoms with Crippen LogP contribution in [0.5, 0.6) is 0 Å². The third-order valence-electron chi connectivity index (χ3n) is 4.02. The van der Waals surface area contributed by atoms with Crippen molar-refractivity contribution in [3.8, 4) is 0 Å². The molecule has 1 aromatic heterocycles. The smallest absolute Gasteiger partial charge is 0.323 e. The molecule has 3 rings (SSSR count). The molecule has 1 saturated heterocycles. The molecule has 4 heteroatoms. The molecule has 0 unspecified atom stereocenters. The average molecular weight is 289 g/mol. The number of rotatable bonds is 3. The molecule has 106 valence electrons. The molecule has 0 bridgehead atoms.